The van der Waals surface area contributed by atoms with Crippen LogP contribution in [0.25, 0.3) is 0 Å². The van der Waals surface area contributed by atoms with E-state index < -0.39 is 5.97 Å². The Balaban J connectivity index is 2.99. The van der Waals surface area contributed by atoms with Crippen LogP contribution in [-0.2, 0) is 0 Å². The number of rotatable bonds is 2. The number of hydrogen-bond acceptors (Lipinski definition) is 3. The van der Waals surface area contributed by atoms with Gasteiger partial charge in [0.1, 0.15) is 10.7 Å². The Morgan fingerprint density at radius 3 is 2.36 bits per heavy atom. The maximum atomic E-state index is 10.3. The predicted octanol–water partition coefficient (Wildman–Crippen LogP) is 0.730. The van der Waals surface area contributed by atoms with Gasteiger partial charge in [0.2, 0.25) is 0 Å². The van der Waals surface area contributed by atoms with Gasteiger partial charge in [-0.15, -0.1) is 11.3 Å². The number of hydrogen-bond donors (Lipinski definition) is 3. The first kappa shape index (κ1) is 7.74. The quantitative estimate of drug-likeness (QED) is 0.451. The van der Waals surface area contributed by atoms with E-state index >= 15 is 0 Å². The summed E-state index contributed by atoms with van der Waals surface area (Å²) in [5.74, 6) is -1.08. The Hall–Kier alpha value is -1.36. The topological polar surface area (TPSA) is 87.2 Å². The first-order valence-electron chi connectivity index (χ1n) is 2.79. The molecule has 4 N–H and O–H groups in total. The van der Waals surface area contributed by atoms with Crippen LogP contribution < -0.4 is 5.73 Å². The molecule has 0 bridgehead atoms. The molecule has 0 aliphatic carbocycles. The van der Waals surface area contributed by atoms with Crippen molar-refractivity contribution in [2.24, 2.45) is 5.73 Å². The average molecular weight is 170 g/mol. The van der Waals surface area contributed by atoms with Crippen LogP contribution in [0.3, 0.4) is 0 Å². The minimum absolute atomic E-state index is 0.0949. The van der Waals surface area contributed by atoms with Crippen molar-refractivity contribution >= 4 is 23.1 Å². The predicted molar refractivity (Wildman–Crippen MR) is 42.3 cm³/mol. The number of carboxylic acid groups (broad SMARTS) is 1. The zero-order chi connectivity index (χ0) is 8.43. The summed E-state index contributed by atoms with van der Waals surface area (Å²) in [6.07, 6.45) is 0. The summed E-state index contributed by atoms with van der Waals surface area (Å²) in [5.41, 5.74) is 5.13. The van der Waals surface area contributed by atoms with Gasteiger partial charge < -0.3 is 10.8 Å². The van der Waals surface area contributed by atoms with Gasteiger partial charge in [0.05, 0.1) is 4.88 Å². The van der Waals surface area contributed by atoms with Crippen molar-refractivity contribution in [2.75, 3.05) is 0 Å². The molecule has 1 rings (SSSR count). The number of nitrogens with two attached hydrogens (primary N) is 1. The Morgan fingerprint density at radius 1 is 1.55 bits per heavy atom. The Morgan fingerprint density at radius 2 is 2.09 bits per heavy atom. The minimum atomic E-state index is -0.984. The van der Waals surface area contributed by atoms with Gasteiger partial charge in [-0.3, -0.25) is 5.41 Å². The maximum Gasteiger partial charge on any atom is 0.345 e. The molecule has 0 unspecified atom stereocenters. The van der Waals surface area contributed by atoms with Gasteiger partial charge in [0.25, 0.3) is 0 Å². The molecule has 11 heavy (non-hydrogen) atoms. The third kappa shape index (κ3) is 1.56. The second-order valence-electron chi connectivity index (χ2n) is 1.88. The molecule has 1 heterocycles. The van der Waals surface area contributed by atoms with Gasteiger partial charge in [0, 0.05) is 0 Å². The first-order valence-corrected chi connectivity index (χ1v) is 3.60. The summed E-state index contributed by atoms with van der Waals surface area (Å²) in [5, 5.41) is 15.5. The van der Waals surface area contributed by atoms with Crippen LogP contribution in [0.4, 0.5) is 0 Å². The highest BCUT2D eigenvalue weighted by Gasteiger charge is 2.07. The van der Waals surface area contributed by atoms with Gasteiger partial charge in [-0.25, -0.2) is 4.79 Å². The molecule has 0 atom stereocenters. The molecule has 0 spiro atoms. The fraction of sp³-hybridized carbons (Fsp3) is 0. The summed E-state index contributed by atoms with van der Waals surface area (Å²) >= 11 is 1.000. The van der Waals surface area contributed by atoms with Crippen molar-refractivity contribution in [3.8, 4) is 0 Å². The van der Waals surface area contributed by atoms with Crippen molar-refractivity contribution < 1.29 is 9.90 Å². The summed E-state index contributed by atoms with van der Waals surface area (Å²) in [7, 11) is 0. The van der Waals surface area contributed by atoms with E-state index in [1.807, 2.05) is 0 Å². The molecular formula is C6H6N2O2S. The third-order valence-electron chi connectivity index (χ3n) is 1.08. The lowest BCUT2D eigenvalue weighted by Crippen LogP contribution is -2.08. The van der Waals surface area contributed by atoms with Crippen molar-refractivity contribution in [3.63, 3.8) is 0 Å². The molecule has 0 amide bonds. The highest BCUT2D eigenvalue weighted by molar-refractivity contribution is 7.15. The third-order valence-corrected chi connectivity index (χ3v) is 2.19. The first-order chi connectivity index (χ1) is 5.11. The monoisotopic (exact) mass is 170 g/mol. The Kier molecular flexibility index (Phi) is 1.91. The molecule has 0 aliphatic rings. The van der Waals surface area contributed by atoms with Gasteiger partial charge in [-0.05, 0) is 12.1 Å². The Bertz CT molecular complexity index is 277. The van der Waals surface area contributed by atoms with Crippen LogP contribution >= 0.6 is 11.3 Å². The normalized spacial score (nSPS) is 9.45. The van der Waals surface area contributed by atoms with Crippen LogP contribution in [0.15, 0.2) is 12.1 Å². The second kappa shape index (κ2) is 2.71. The molecule has 4 nitrogen and oxygen atoms in total. The number of nitrogens with one attached hydrogen (secondary N) is 1. The van der Waals surface area contributed by atoms with E-state index in [0.29, 0.717) is 4.88 Å². The molecule has 0 fully saturated rings. The molecule has 1 aromatic rings. The average Bonchev–Trinajstić information content (AvgIpc) is 2.33. The minimum Gasteiger partial charge on any atom is -0.477 e. The number of carboxylic acids is 1. The lowest BCUT2D eigenvalue weighted by molar-refractivity contribution is 0.0702. The SMILES string of the molecule is N=C(N)c1ccc(C(=O)O)s1. The smallest absolute Gasteiger partial charge is 0.345 e. The van der Waals surface area contributed by atoms with Crippen LogP contribution in [0, 0.1) is 5.41 Å². The summed E-state index contributed by atoms with van der Waals surface area (Å²) in [6, 6.07) is 2.96. The molecule has 0 aliphatic heterocycles. The van der Waals surface area contributed by atoms with E-state index in [-0.39, 0.29) is 10.7 Å². The molecule has 5 heteroatoms. The molecule has 58 valence electrons. The van der Waals surface area contributed by atoms with Crippen LogP contribution in [0.1, 0.15) is 14.5 Å². The second-order valence-corrected chi connectivity index (χ2v) is 2.97. The zero-order valence-electron chi connectivity index (χ0n) is 5.50. The molecular weight excluding hydrogens is 164 g/mol. The highest BCUT2D eigenvalue weighted by atomic mass is 32.1. The van der Waals surface area contributed by atoms with Crippen LogP contribution in [0.5, 0.6) is 0 Å². The number of amidine groups is 1. The maximum absolute atomic E-state index is 10.3. The van der Waals surface area contributed by atoms with Gasteiger partial charge in [-0.1, -0.05) is 0 Å². The van der Waals surface area contributed by atoms with Crippen molar-refractivity contribution in [1.82, 2.24) is 0 Å². The Labute approximate surface area is 66.8 Å². The standard InChI is InChI=1S/C6H6N2O2S/c7-5(8)3-1-2-4(11-3)6(9)10/h1-2H,(H3,7,8)(H,9,10). The molecule has 0 radical (unpaired) electrons. The number of nitrogen functional groups attached to an aromatic ring is 1. The lowest BCUT2D eigenvalue weighted by atomic mass is 10.4. The number of carbonyl (C=O) groups is 1. The van der Waals surface area contributed by atoms with E-state index in [4.69, 9.17) is 16.2 Å². The van der Waals surface area contributed by atoms with E-state index in [0.717, 1.165) is 11.3 Å². The van der Waals surface area contributed by atoms with Crippen molar-refractivity contribution in [1.29, 1.82) is 5.41 Å². The fourth-order valence-corrected chi connectivity index (χ4v) is 1.30. The zero-order valence-corrected chi connectivity index (χ0v) is 6.31. The lowest BCUT2D eigenvalue weighted by Gasteiger charge is -1.87. The summed E-state index contributed by atoms with van der Waals surface area (Å²) < 4.78 is 0. The van der Waals surface area contributed by atoms with E-state index in [1.165, 1.54) is 12.1 Å². The summed E-state index contributed by atoms with van der Waals surface area (Å²) in [6.45, 7) is 0. The molecule has 0 saturated carbocycles. The van der Waals surface area contributed by atoms with Crippen molar-refractivity contribution in [2.45, 2.75) is 0 Å². The number of aromatic carboxylic acids is 1. The van der Waals surface area contributed by atoms with E-state index in [1.54, 1.807) is 0 Å². The van der Waals surface area contributed by atoms with Crippen LogP contribution in [-0.4, -0.2) is 16.9 Å². The summed E-state index contributed by atoms with van der Waals surface area (Å²) in [4.78, 5) is 11.0. The van der Waals surface area contributed by atoms with Gasteiger partial charge in [0.15, 0.2) is 0 Å². The van der Waals surface area contributed by atoms with E-state index in [9.17, 15) is 4.79 Å². The largest absolute Gasteiger partial charge is 0.477 e. The van der Waals surface area contributed by atoms with Crippen molar-refractivity contribution in [3.05, 3.63) is 21.9 Å². The molecule has 1 aromatic heterocycles. The highest BCUT2D eigenvalue weighted by Crippen LogP contribution is 2.15. The van der Waals surface area contributed by atoms with Crippen LogP contribution in [0.2, 0.25) is 0 Å². The molecule has 0 saturated heterocycles. The van der Waals surface area contributed by atoms with Gasteiger partial charge in [-0.2, -0.15) is 0 Å². The number of thiophene rings is 1. The van der Waals surface area contributed by atoms with E-state index in [2.05, 4.69) is 0 Å². The molecule has 0 aromatic carbocycles. The fourth-order valence-electron chi connectivity index (χ4n) is 0.598. The van der Waals surface area contributed by atoms with Gasteiger partial charge >= 0.3 is 5.97 Å².